The van der Waals surface area contributed by atoms with Crippen LogP contribution in [-0.2, 0) is 4.79 Å². The van der Waals surface area contributed by atoms with E-state index < -0.39 is 0 Å². The van der Waals surface area contributed by atoms with Gasteiger partial charge in [-0.3, -0.25) is 4.79 Å². The summed E-state index contributed by atoms with van der Waals surface area (Å²) in [5.74, 6) is -0.0986. The fraction of sp³-hybridized carbons (Fsp3) is 0.769. The van der Waals surface area contributed by atoms with E-state index in [-0.39, 0.29) is 5.91 Å². The van der Waals surface area contributed by atoms with Crippen LogP contribution in [0.3, 0.4) is 0 Å². The molecule has 0 radical (unpaired) electrons. The fourth-order valence-electron chi connectivity index (χ4n) is 1.47. The van der Waals surface area contributed by atoms with Gasteiger partial charge in [-0.05, 0) is 64.5 Å². The van der Waals surface area contributed by atoms with Crippen LogP contribution in [0.15, 0.2) is 12.7 Å². The van der Waals surface area contributed by atoms with Gasteiger partial charge in [0.1, 0.15) is 0 Å². The average Bonchev–Trinajstić information content (AvgIpc) is 2.39. The third kappa shape index (κ3) is 13.2. The van der Waals surface area contributed by atoms with Gasteiger partial charge < -0.3 is 21.7 Å². The van der Waals surface area contributed by atoms with Gasteiger partial charge in [0.2, 0.25) is 5.91 Å². The number of carbonyl (C=O) groups is 1. The molecule has 5 N–H and O–H groups in total. The third-order valence-electron chi connectivity index (χ3n) is 2.53. The molecule has 0 aromatic rings. The Balaban J connectivity index is 2.98. The van der Waals surface area contributed by atoms with E-state index in [2.05, 4.69) is 22.5 Å². The van der Waals surface area contributed by atoms with Crippen LogP contribution in [0.5, 0.6) is 0 Å². The summed E-state index contributed by atoms with van der Waals surface area (Å²) >= 11 is 0. The van der Waals surface area contributed by atoms with Crippen molar-refractivity contribution in [3.63, 3.8) is 0 Å². The highest BCUT2D eigenvalue weighted by molar-refractivity contribution is 5.86. The molecular weight excluding hydrogens is 228 g/mol. The Morgan fingerprint density at radius 2 is 1.50 bits per heavy atom. The second-order valence-corrected chi connectivity index (χ2v) is 4.20. The quantitative estimate of drug-likeness (QED) is 0.276. The molecule has 0 aliphatic heterocycles. The first-order valence-corrected chi connectivity index (χ1v) is 6.83. The minimum atomic E-state index is -0.0986. The Hall–Kier alpha value is -0.910. The topological polar surface area (TPSA) is 79.2 Å². The Kier molecular flexibility index (Phi) is 13.4. The van der Waals surface area contributed by atoms with Gasteiger partial charge >= 0.3 is 0 Å². The summed E-state index contributed by atoms with van der Waals surface area (Å²) in [4.78, 5) is 10.8. The summed E-state index contributed by atoms with van der Waals surface area (Å²) in [6.45, 7) is 8.93. The van der Waals surface area contributed by atoms with Gasteiger partial charge in [-0.25, -0.2) is 0 Å². The van der Waals surface area contributed by atoms with Crippen molar-refractivity contribution >= 4 is 5.91 Å². The molecular formula is C13H28N4O. The molecule has 0 unspecified atom stereocenters. The maximum absolute atomic E-state index is 10.8. The molecule has 0 heterocycles. The zero-order valence-corrected chi connectivity index (χ0v) is 11.3. The molecule has 0 aliphatic rings. The van der Waals surface area contributed by atoms with Gasteiger partial charge in [-0.2, -0.15) is 0 Å². The Morgan fingerprint density at radius 3 is 2.06 bits per heavy atom. The van der Waals surface area contributed by atoms with E-state index >= 15 is 0 Å². The van der Waals surface area contributed by atoms with Crippen molar-refractivity contribution in [2.45, 2.75) is 25.7 Å². The minimum Gasteiger partial charge on any atom is -0.353 e. The Labute approximate surface area is 111 Å². The number of hydrogen-bond acceptors (Lipinski definition) is 4. The highest BCUT2D eigenvalue weighted by atomic mass is 16.1. The van der Waals surface area contributed by atoms with Crippen LogP contribution in [0.25, 0.3) is 0 Å². The zero-order valence-electron chi connectivity index (χ0n) is 11.3. The van der Waals surface area contributed by atoms with Crippen molar-refractivity contribution in [3.8, 4) is 0 Å². The van der Waals surface area contributed by atoms with Crippen LogP contribution in [0.4, 0.5) is 0 Å². The highest BCUT2D eigenvalue weighted by Crippen LogP contribution is 1.85. The van der Waals surface area contributed by atoms with Crippen LogP contribution < -0.4 is 21.7 Å². The smallest absolute Gasteiger partial charge is 0.243 e. The van der Waals surface area contributed by atoms with E-state index in [1.807, 2.05) is 0 Å². The lowest BCUT2D eigenvalue weighted by Crippen LogP contribution is -2.26. The molecule has 0 spiro atoms. The van der Waals surface area contributed by atoms with Gasteiger partial charge in [-0.15, -0.1) is 0 Å². The Morgan fingerprint density at radius 1 is 0.944 bits per heavy atom. The predicted molar refractivity (Wildman–Crippen MR) is 76.5 cm³/mol. The van der Waals surface area contributed by atoms with E-state index in [0.29, 0.717) is 6.54 Å². The molecule has 0 saturated carbocycles. The molecule has 18 heavy (non-hydrogen) atoms. The molecule has 0 fully saturated rings. The zero-order chi connectivity index (χ0) is 13.5. The highest BCUT2D eigenvalue weighted by Gasteiger charge is 1.93. The van der Waals surface area contributed by atoms with Gasteiger partial charge in [-0.1, -0.05) is 6.58 Å². The molecule has 0 saturated heterocycles. The van der Waals surface area contributed by atoms with Crippen molar-refractivity contribution in [2.24, 2.45) is 5.73 Å². The summed E-state index contributed by atoms with van der Waals surface area (Å²) in [7, 11) is 0. The minimum absolute atomic E-state index is 0.0986. The number of amides is 1. The van der Waals surface area contributed by atoms with Crippen LogP contribution in [0, 0.1) is 0 Å². The molecule has 0 bridgehead atoms. The molecule has 5 nitrogen and oxygen atoms in total. The monoisotopic (exact) mass is 256 g/mol. The normalized spacial score (nSPS) is 10.3. The first-order chi connectivity index (χ1) is 8.81. The lowest BCUT2D eigenvalue weighted by Gasteiger charge is -2.06. The van der Waals surface area contributed by atoms with Gasteiger partial charge in [0.05, 0.1) is 0 Å². The maximum atomic E-state index is 10.8. The first kappa shape index (κ1) is 17.1. The second kappa shape index (κ2) is 14.2. The van der Waals surface area contributed by atoms with Crippen LogP contribution >= 0.6 is 0 Å². The number of hydrogen-bond donors (Lipinski definition) is 4. The summed E-state index contributed by atoms with van der Waals surface area (Å²) in [5, 5.41) is 9.45. The van der Waals surface area contributed by atoms with Gasteiger partial charge in [0.25, 0.3) is 0 Å². The van der Waals surface area contributed by atoms with Crippen molar-refractivity contribution in [1.29, 1.82) is 0 Å². The molecule has 5 heteroatoms. The Bertz CT molecular complexity index is 209. The maximum Gasteiger partial charge on any atom is 0.243 e. The molecule has 0 aromatic carbocycles. The largest absolute Gasteiger partial charge is 0.353 e. The standard InChI is InChI=1S/C13H28N4O/c1-2-13(18)17-12-6-11-16-9-4-3-8-15-10-5-7-14/h2,15-16H,1,3-12,14H2,(H,17,18). The van der Waals surface area contributed by atoms with E-state index in [0.717, 1.165) is 45.6 Å². The summed E-state index contributed by atoms with van der Waals surface area (Å²) in [6.07, 6.45) is 5.66. The molecule has 1 amide bonds. The number of carbonyl (C=O) groups excluding carboxylic acids is 1. The van der Waals surface area contributed by atoms with Crippen molar-refractivity contribution in [2.75, 3.05) is 39.3 Å². The number of rotatable bonds is 13. The lowest BCUT2D eigenvalue weighted by molar-refractivity contribution is -0.116. The number of nitrogens with two attached hydrogens (primary N) is 1. The predicted octanol–water partition coefficient (Wildman–Crippen LogP) is -0.0131. The lowest BCUT2D eigenvalue weighted by atomic mass is 10.3. The summed E-state index contributed by atoms with van der Waals surface area (Å²) in [6, 6.07) is 0. The van der Waals surface area contributed by atoms with E-state index in [9.17, 15) is 4.79 Å². The van der Waals surface area contributed by atoms with Gasteiger partial charge in [0.15, 0.2) is 0 Å². The SMILES string of the molecule is C=CC(=O)NCCCNCCCCNCCCN. The van der Waals surface area contributed by atoms with E-state index in [1.54, 1.807) is 0 Å². The molecule has 0 aromatic heterocycles. The average molecular weight is 256 g/mol. The van der Waals surface area contributed by atoms with E-state index in [4.69, 9.17) is 5.73 Å². The molecule has 0 aliphatic carbocycles. The van der Waals surface area contributed by atoms with E-state index in [1.165, 1.54) is 18.9 Å². The van der Waals surface area contributed by atoms with Crippen molar-refractivity contribution in [3.05, 3.63) is 12.7 Å². The van der Waals surface area contributed by atoms with Gasteiger partial charge in [0, 0.05) is 6.54 Å². The second-order valence-electron chi connectivity index (χ2n) is 4.20. The summed E-state index contributed by atoms with van der Waals surface area (Å²) in [5.41, 5.74) is 5.39. The first-order valence-electron chi connectivity index (χ1n) is 6.83. The summed E-state index contributed by atoms with van der Waals surface area (Å²) < 4.78 is 0. The van der Waals surface area contributed by atoms with Crippen molar-refractivity contribution in [1.82, 2.24) is 16.0 Å². The molecule has 0 rings (SSSR count). The van der Waals surface area contributed by atoms with Crippen LogP contribution in [-0.4, -0.2) is 45.2 Å². The third-order valence-corrected chi connectivity index (χ3v) is 2.53. The molecule has 106 valence electrons. The number of unbranched alkanes of at least 4 members (excludes halogenated alkanes) is 1. The molecule has 0 atom stereocenters. The van der Waals surface area contributed by atoms with Crippen molar-refractivity contribution < 1.29 is 4.79 Å². The number of nitrogens with one attached hydrogen (secondary N) is 3. The van der Waals surface area contributed by atoms with Crippen LogP contribution in [0.2, 0.25) is 0 Å². The van der Waals surface area contributed by atoms with Crippen LogP contribution in [0.1, 0.15) is 25.7 Å². The fourth-order valence-corrected chi connectivity index (χ4v) is 1.47.